The summed E-state index contributed by atoms with van der Waals surface area (Å²) >= 11 is 0. The largest absolute Gasteiger partial charge is 0.497 e. The molecule has 1 N–H and O–H groups in total. The summed E-state index contributed by atoms with van der Waals surface area (Å²) in [6.07, 6.45) is 0.112. The van der Waals surface area contributed by atoms with Crippen LogP contribution in [0.1, 0.15) is 25.0 Å². The molecule has 0 aromatic heterocycles. The zero-order chi connectivity index (χ0) is 23.8. The van der Waals surface area contributed by atoms with Gasteiger partial charge in [-0.2, -0.15) is 0 Å². The lowest BCUT2D eigenvalue weighted by molar-refractivity contribution is -0.165. The molecule has 174 valence electrons. The number of β-lactam (4-membered cyclic amide) rings is 1. The van der Waals surface area contributed by atoms with E-state index in [0.717, 1.165) is 11.1 Å². The lowest BCUT2D eigenvalue weighted by atomic mass is 9.96. The highest BCUT2D eigenvalue weighted by atomic mass is 32.2. The maximum atomic E-state index is 13.2. The predicted molar refractivity (Wildman–Crippen MR) is 122 cm³/mol. The quantitative estimate of drug-likeness (QED) is 0.487. The number of methoxy groups -OCH3 is 1. The number of nitrogens with one attached hydrogen (secondary N) is 1. The molecule has 2 amide bonds. The van der Waals surface area contributed by atoms with Crippen molar-refractivity contribution < 1.29 is 28.1 Å². The van der Waals surface area contributed by atoms with Crippen molar-refractivity contribution in [3.8, 4) is 5.75 Å². The smallest absolute Gasteiger partial charge is 0.330 e. The first-order valence-corrected chi connectivity index (χ1v) is 11.8. The Morgan fingerprint density at radius 3 is 2.36 bits per heavy atom. The number of ether oxygens (including phenoxy) is 2. The number of nitrogens with zero attached hydrogens (tertiary/aromatic N) is 1. The summed E-state index contributed by atoms with van der Waals surface area (Å²) in [6, 6.07) is 14.3. The molecule has 2 aromatic carbocycles. The van der Waals surface area contributed by atoms with Gasteiger partial charge in [-0.3, -0.25) is 13.8 Å². The molecular weight excluding hydrogens is 444 g/mol. The fourth-order valence-corrected chi connectivity index (χ4v) is 6.15. The highest BCUT2D eigenvalue weighted by molar-refractivity contribution is 7.87. The van der Waals surface area contributed by atoms with Gasteiger partial charge in [0.1, 0.15) is 29.8 Å². The molecule has 0 bridgehead atoms. The average molecular weight is 471 g/mol. The molecule has 2 heterocycles. The lowest BCUT2D eigenvalue weighted by Gasteiger charge is -2.43. The number of hydrogen-bond acceptors (Lipinski definition) is 6. The fraction of sp³-hybridized carbons (Fsp3) is 0.375. The molecule has 2 saturated heterocycles. The Balaban J connectivity index is 1.42. The van der Waals surface area contributed by atoms with Crippen LogP contribution >= 0.6 is 0 Å². The number of rotatable bonds is 7. The normalized spacial score (nSPS) is 25.1. The Morgan fingerprint density at radius 2 is 1.73 bits per heavy atom. The monoisotopic (exact) mass is 470 g/mol. The van der Waals surface area contributed by atoms with E-state index in [0.29, 0.717) is 5.75 Å². The van der Waals surface area contributed by atoms with Gasteiger partial charge in [0.25, 0.3) is 0 Å². The molecule has 0 aliphatic carbocycles. The number of esters is 1. The summed E-state index contributed by atoms with van der Waals surface area (Å²) in [4.78, 5) is 39.6. The zero-order valence-corrected chi connectivity index (χ0v) is 19.5. The van der Waals surface area contributed by atoms with Gasteiger partial charge in [-0.25, -0.2) is 4.79 Å². The van der Waals surface area contributed by atoms with Crippen LogP contribution < -0.4 is 10.1 Å². The molecule has 0 spiro atoms. The molecule has 8 nitrogen and oxygen atoms in total. The summed E-state index contributed by atoms with van der Waals surface area (Å²) in [7, 11) is -0.000290. The molecule has 4 rings (SSSR count). The number of amides is 2. The van der Waals surface area contributed by atoms with Crippen molar-refractivity contribution in [3.63, 3.8) is 0 Å². The minimum absolute atomic E-state index is 0.0198. The summed E-state index contributed by atoms with van der Waals surface area (Å²) < 4.78 is 22.8. The molecule has 2 fully saturated rings. The van der Waals surface area contributed by atoms with Crippen LogP contribution in [0.4, 0.5) is 0 Å². The first kappa shape index (κ1) is 23.0. The first-order chi connectivity index (χ1) is 15.7. The summed E-state index contributed by atoms with van der Waals surface area (Å²) in [5.41, 5.74) is 1.57. The van der Waals surface area contributed by atoms with E-state index in [1.807, 2.05) is 30.3 Å². The van der Waals surface area contributed by atoms with Gasteiger partial charge >= 0.3 is 5.97 Å². The van der Waals surface area contributed by atoms with E-state index >= 15 is 0 Å². The minimum Gasteiger partial charge on any atom is -0.497 e. The molecule has 2 aromatic rings. The van der Waals surface area contributed by atoms with Gasteiger partial charge in [-0.05, 0) is 37.1 Å². The van der Waals surface area contributed by atoms with E-state index < -0.39 is 44.9 Å². The van der Waals surface area contributed by atoms with Crippen molar-refractivity contribution >= 4 is 28.6 Å². The van der Waals surface area contributed by atoms with E-state index in [1.54, 1.807) is 45.2 Å². The highest BCUT2D eigenvalue weighted by Gasteiger charge is 2.68. The SMILES string of the molecule is COc1ccc(COC(=O)[C@@H]2N3C(=O)[C@@H](NC(=O)Cc4ccccc4)[C@H]3[S@](=O)C2(C)C)cc1. The standard InChI is InChI=1S/C24H26N2O6S/c1-24(2)20(23(29)32-14-16-9-11-17(31-3)12-10-16)26-21(28)19(22(26)33(24)30)25-18(27)13-15-7-5-4-6-8-15/h4-12,19-20,22H,13-14H2,1-3H3,(H,25,27)/t19-,20+,22-,33+/m1/s1. The Bertz CT molecular complexity index is 1090. The van der Waals surface area contributed by atoms with Gasteiger partial charge in [0, 0.05) is 0 Å². The third-order valence-electron chi connectivity index (χ3n) is 6.04. The second-order valence-corrected chi connectivity index (χ2v) is 10.7. The molecular formula is C24H26N2O6S. The number of fused-ring (bicyclic) bond motifs is 1. The van der Waals surface area contributed by atoms with Crippen LogP contribution in [-0.4, -0.2) is 56.2 Å². The van der Waals surface area contributed by atoms with E-state index in [1.165, 1.54) is 4.90 Å². The van der Waals surface area contributed by atoms with Crippen molar-refractivity contribution in [2.24, 2.45) is 0 Å². The Kier molecular flexibility index (Phi) is 6.25. The third kappa shape index (κ3) is 4.25. The second kappa shape index (κ2) is 8.97. The molecule has 2 aliphatic rings. The minimum atomic E-state index is -1.56. The number of hydrogen-bond donors (Lipinski definition) is 1. The number of benzene rings is 2. The lowest BCUT2D eigenvalue weighted by Crippen LogP contribution is -2.71. The number of carbonyl (C=O) groups is 3. The summed E-state index contributed by atoms with van der Waals surface area (Å²) in [6.45, 7) is 3.37. The first-order valence-electron chi connectivity index (χ1n) is 10.6. The van der Waals surface area contributed by atoms with Crippen molar-refractivity contribution in [2.75, 3.05) is 7.11 Å². The van der Waals surface area contributed by atoms with Crippen molar-refractivity contribution in [2.45, 2.75) is 49.1 Å². The Hall–Kier alpha value is -3.20. The average Bonchev–Trinajstić information content (AvgIpc) is 3.00. The van der Waals surface area contributed by atoms with Crippen LogP contribution in [0.15, 0.2) is 54.6 Å². The van der Waals surface area contributed by atoms with Crippen LogP contribution in [-0.2, 0) is 42.9 Å². The van der Waals surface area contributed by atoms with E-state index in [2.05, 4.69) is 5.32 Å². The van der Waals surface area contributed by atoms with E-state index in [9.17, 15) is 18.6 Å². The van der Waals surface area contributed by atoms with Gasteiger partial charge in [-0.15, -0.1) is 0 Å². The van der Waals surface area contributed by atoms with Crippen molar-refractivity contribution in [1.29, 1.82) is 0 Å². The maximum absolute atomic E-state index is 13.2. The van der Waals surface area contributed by atoms with E-state index in [-0.39, 0.29) is 18.9 Å². The summed E-state index contributed by atoms with van der Waals surface area (Å²) in [5.74, 6) is -0.688. The van der Waals surface area contributed by atoms with Crippen LogP contribution in [0.3, 0.4) is 0 Å². The zero-order valence-electron chi connectivity index (χ0n) is 18.6. The van der Waals surface area contributed by atoms with Crippen LogP contribution in [0, 0.1) is 0 Å². The van der Waals surface area contributed by atoms with Crippen LogP contribution in [0.25, 0.3) is 0 Å². The van der Waals surface area contributed by atoms with Gasteiger partial charge in [-0.1, -0.05) is 42.5 Å². The van der Waals surface area contributed by atoms with Crippen LogP contribution in [0.2, 0.25) is 0 Å². The predicted octanol–water partition coefficient (Wildman–Crippen LogP) is 1.54. The highest BCUT2D eigenvalue weighted by Crippen LogP contribution is 2.44. The fourth-order valence-electron chi connectivity index (χ4n) is 4.23. The molecule has 33 heavy (non-hydrogen) atoms. The molecule has 9 heteroatoms. The van der Waals surface area contributed by atoms with Gasteiger partial charge in [0.15, 0.2) is 0 Å². The van der Waals surface area contributed by atoms with Gasteiger partial charge < -0.3 is 19.7 Å². The van der Waals surface area contributed by atoms with E-state index in [4.69, 9.17) is 9.47 Å². The maximum Gasteiger partial charge on any atom is 0.330 e. The molecule has 4 atom stereocenters. The second-order valence-electron chi connectivity index (χ2n) is 8.60. The topological polar surface area (TPSA) is 102 Å². The molecule has 0 saturated carbocycles. The van der Waals surface area contributed by atoms with Gasteiger partial charge in [0.2, 0.25) is 11.8 Å². The molecule has 0 radical (unpaired) electrons. The van der Waals surface area contributed by atoms with Crippen LogP contribution in [0.5, 0.6) is 5.75 Å². The van der Waals surface area contributed by atoms with Crippen molar-refractivity contribution in [3.05, 3.63) is 65.7 Å². The van der Waals surface area contributed by atoms with Crippen molar-refractivity contribution in [1.82, 2.24) is 10.2 Å². The Labute approximate surface area is 194 Å². The Morgan fingerprint density at radius 1 is 1.06 bits per heavy atom. The summed E-state index contributed by atoms with van der Waals surface area (Å²) in [5, 5.41) is 1.94. The molecule has 2 aliphatic heterocycles. The third-order valence-corrected chi connectivity index (χ3v) is 8.24. The van der Waals surface area contributed by atoms with Gasteiger partial charge in [0.05, 0.1) is 29.1 Å². The molecule has 0 unspecified atom stereocenters. The number of carbonyl (C=O) groups excluding carboxylic acids is 3.